The van der Waals surface area contributed by atoms with Crippen molar-refractivity contribution in [3.63, 3.8) is 0 Å². The second kappa shape index (κ2) is 4.67. The van der Waals surface area contributed by atoms with Crippen LogP contribution in [0.4, 0.5) is 0 Å². The molecule has 6 heteroatoms. The average Bonchev–Trinajstić information content (AvgIpc) is 2.19. The van der Waals surface area contributed by atoms with Crippen LogP contribution in [-0.2, 0) is 0 Å². The molecule has 78 valence electrons. The maximum absolute atomic E-state index is 9.37. The van der Waals surface area contributed by atoms with Gasteiger partial charge in [0.25, 0.3) is 0 Å². The number of ether oxygens (including phenoxy) is 1. The molecular formula is C8H6Cl4O2. The molecule has 0 atom stereocenters. The lowest BCUT2D eigenvalue weighted by molar-refractivity contribution is 0.340. The van der Waals surface area contributed by atoms with Crippen molar-refractivity contribution in [1.29, 1.82) is 0 Å². The first-order valence-electron chi connectivity index (χ1n) is 3.68. The zero-order chi connectivity index (χ0) is 10.9. The Labute approximate surface area is 101 Å². The Balaban J connectivity index is 3.43. The van der Waals surface area contributed by atoms with Crippen LogP contribution in [-0.4, -0.2) is 11.7 Å². The zero-order valence-electron chi connectivity index (χ0n) is 7.07. The smallest absolute Gasteiger partial charge is 0.159 e. The van der Waals surface area contributed by atoms with Gasteiger partial charge >= 0.3 is 0 Å². The highest BCUT2D eigenvalue weighted by atomic mass is 35.5. The Morgan fingerprint density at radius 2 is 1.43 bits per heavy atom. The van der Waals surface area contributed by atoms with Gasteiger partial charge in [0.05, 0.1) is 6.61 Å². The number of phenolic OH excluding ortho intramolecular Hbond substituents is 1. The molecule has 0 saturated heterocycles. The number of aromatic hydroxyl groups is 1. The molecule has 0 fully saturated rings. The van der Waals surface area contributed by atoms with Crippen molar-refractivity contribution in [1.82, 2.24) is 0 Å². The lowest BCUT2D eigenvalue weighted by atomic mass is 10.3. The Morgan fingerprint density at radius 3 is 1.79 bits per heavy atom. The molecule has 1 rings (SSSR count). The molecule has 0 aliphatic carbocycles. The summed E-state index contributed by atoms with van der Waals surface area (Å²) in [4.78, 5) is 0. The topological polar surface area (TPSA) is 29.5 Å². The molecule has 1 aromatic carbocycles. The van der Waals surface area contributed by atoms with E-state index in [2.05, 4.69) is 0 Å². The fraction of sp³-hybridized carbons (Fsp3) is 0.250. The highest BCUT2D eigenvalue weighted by Gasteiger charge is 2.20. The molecule has 2 nitrogen and oxygen atoms in total. The van der Waals surface area contributed by atoms with E-state index in [4.69, 9.17) is 51.1 Å². The van der Waals surface area contributed by atoms with Crippen molar-refractivity contribution in [2.45, 2.75) is 6.92 Å². The Hall–Kier alpha value is -0.0200. The standard InChI is InChI=1S/C8H6Cl4O2/c1-2-14-8-5(11)3(9)7(13)4(10)6(8)12/h13H,2H2,1H3. The van der Waals surface area contributed by atoms with E-state index in [1.54, 1.807) is 6.92 Å². The molecule has 1 N–H and O–H groups in total. The average molecular weight is 276 g/mol. The third-order valence-electron chi connectivity index (χ3n) is 1.49. The molecule has 0 amide bonds. The Bertz CT molecular complexity index is 336. The van der Waals surface area contributed by atoms with Gasteiger partial charge in [-0.3, -0.25) is 0 Å². The Kier molecular flexibility index (Phi) is 4.02. The molecule has 0 aliphatic rings. The van der Waals surface area contributed by atoms with Gasteiger partial charge in [-0.25, -0.2) is 0 Å². The summed E-state index contributed by atoms with van der Waals surface area (Å²) in [5, 5.41) is 9.35. The maximum atomic E-state index is 9.37. The minimum atomic E-state index is -0.341. The third kappa shape index (κ3) is 1.98. The molecule has 0 spiro atoms. The van der Waals surface area contributed by atoms with Crippen LogP contribution in [0, 0.1) is 0 Å². The summed E-state index contributed by atoms with van der Waals surface area (Å²) in [6.45, 7) is 2.14. The fourth-order valence-electron chi connectivity index (χ4n) is 0.871. The van der Waals surface area contributed by atoms with Crippen molar-refractivity contribution in [2.75, 3.05) is 6.61 Å². The quantitative estimate of drug-likeness (QED) is 0.811. The predicted molar refractivity (Wildman–Crippen MR) is 59.3 cm³/mol. The lowest BCUT2D eigenvalue weighted by Gasteiger charge is -2.11. The second-order valence-electron chi connectivity index (χ2n) is 2.37. The van der Waals surface area contributed by atoms with Crippen LogP contribution in [0.25, 0.3) is 0 Å². The van der Waals surface area contributed by atoms with Crippen molar-refractivity contribution >= 4 is 46.4 Å². The molecule has 0 bridgehead atoms. The van der Waals surface area contributed by atoms with Crippen molar-refractivity contribution < 1.29 is 9.84 Å². The van der Waals surface area contributed by atoms with Gasteiger partial charge in [0.1, 0.15) is 20.1 Å². The fourth-order valence-corrected chi connectivity index (χ4v) is 1.81. The maximum Gasteiger partial charge on any atom is 0.159 e. The summed E-state index contributed by atoms with van der Waals surface area (Å²) in [5.41, 5.74) is 0. The first-order chi connectivity index (χ1) is 6.50. The largest absolute Gasteiger partial charge is 0.505 e. The highest BCUT2D eigenvalue weighted by molar-refractivity contribution is 6.50. The van der Waals surface area contributed by atoms with E-state index in [1.165, 1.54) is 0 Å². The van der Waals surface area contributed by atoms with Crippen LogP contribution in [0.5, 0.6) is 11.5 Å². The van der Waals surface area contributed by atoms with E-state index in [1.807, 2.05) is 0 Å². The zero-order valence-corrected chi connectivity index (χ0v) is 10.1. The van der Waals surface area contributed by atoms with Crippen molar-refractivity contribution in [2.24, 2.45) is 0 Å². The Morgan fingerprint density at radius 1 is 1.00 bits per heavy atom. The van der Waals surface area contributed by atoms with Gasteiger partial charge in [0, 0.05) is 0 Å². The summed E-state index contributed by atoms with van der Waals surface area (Å²) < 4.78 is 5.14. The van der Waals surface area contributed by atoms with Gasteiger partial charge in [-0.2, -0.15) is 0 Å². The van der Waals surface area contributed by atoms with E-state index in [-0.39, 0.29) is 31.6 Å². The van der Waals surface area contributed by atoms with Crippen LogP contribution >= 0.6 is 46.4 Å². The minimum Gasteiger partial charge on any atom is -0.505 e. The normalized spacial score (nSPS) is 10.4. The van der Waals surface area contributed by atoms with E-state index in [0.717, 1.165) is 0 Å². The van der Waals surface area contributed by atoms with Gasteiger partial charge in [-0.1, -0.05) is 46.4 Å². The molecule has 0 unspecified atom stereocenters. The molecular weight excluding hydrogens is 270 g/mol. The first kappa shape index (κ1) is 12.1. The minimum absolute atomic E-state index is 0.0559. The molecule has 0 saturated carbocycles. The second-order valence-corrected chi connectivity index (χ2v) is 3.88. The molecule has 14 heavy (non-hydrogen) atoms. The first-order valence-corrected chi connectivity index (χ1v) is 5.19. The number of halogens is 4. The number of hydrogen-bond acceptors (Lipinski definition) is 2. The van der Waals surface area contributed by atoms with E-state index in [9.17, 15) is 5.11 Å². The van der Waals surface area contributed by atoms with Gasteiger partial charge in [-0.15, -0.1) is 0 Å². The van der Waals surface area contributed by atoms with Gasteiger partial charge in [-0.05, 0) is 6.92 Å². The van der Waals surface area contributed by atoms with E-state index >= 15 is 0 Å². The molecule has 0 aromatic heterocycles. The highest BCUT2D eigenvalue weighted by Crippen LogP contribution is 2.49. The molecule has 1 aromatic rings. The van der Waals surface area contributed by atoms with E-state index < -0.39 is 0 Å². The number of hydrogen-bond donors (Lipinski definition) is 1. The third-order valence-corrected chi connectivity index (χ3v) is 3.14. The number of phenols is 1. The van der Waals surface area contributed by atoms with Crippen LogP contribution < -0.4 is 4.74 Å². The SMILES string of the molecule is CCOc1c(Cl)c(Cl)c(O)c(Cl)c1Cl. The van der Waals surface area contributed by atoms with Crippen LogP contribution in [0.2, 0.25) is 20.1 Å². The van der Waals surface area contributed by atoms with Crippen molar-refractivity contribution in [3.05, 3.63) is 20.1 Å². The molecule has 0 heterocycles. The number of benzene rings is 1. The molecule has 0 radical (unpaired) electrons. The van der Waals surface area contributed by atoms with Crippen molar-refractivity contribution in [3.8, 4) is 11.5 Å². The summed E-state index contributed by atoms with van der Waals surface area (Å²) in [6.07, 6.45) is 0. The summed E-state index contributed by atoms with van der Waals surface area (Å²) >= 11 is 23.0. The van der Waals surface area contributed by atoms with Crippen LogP contribution in [0.3, 0.4) is 0 Å². The summed E-state index contributed by atoms with van der Waals surface area (Å²) in [7, 11) is 0. The van der Waals surface area contributed by atoms with Gasteiger partial charge in [0.15, 0.2) is 11.5 Å². The monoisotopic (exact) mass is 274 g/mol. The molecule has 0 aliphatic heterocycles. The predicted octanol–water partition coefficient (Wildman–Crippen LogP) is 4.40. The van der Waals surface area contributed by atoms with E-state index in [0.29, 0.717) is 6.61 Å². The lowest BCUT2D eigenvalue weighted by Crippen LogP contribution is -1.94. The summed E-state index contributed by atoms with van der Waals surface area (Å²) in [5.74, 6) is -0.157. The summed E-state index contributed by atoms with van der Waals surface area (Å²) in [6, 6.07) is 0. The van der Waals surface area contributed by atoms with Gasteiger partial charge < -0.3 is 9.84 Å². The van der Waals surface area contributed by atoms with Crippen LogP contribution in [0.1, 0.15) is 6.92 Å². The number of rotatable bonds is 2. The van der Waals surface area contributed by atoms with Crippen LogP contribution in [0.15, 0.2) is 0 Å². The van der Waals surface area contributed by atoms with Gasteiger partial charge in [0.2, 0.25) is 0 Å².